The van der Waals surface area contributed by atoms with Crippen LogP contribution in [-0.4, -0.2) is 31.7 Å². The van der Waals surface area contributed by atoms with Crippen molar-refractivity contribution in [3.8, 4) is 0 Å². The van der Waals surface area contributed by atoms with Crippen molar-refractivity contribution in [1.82, 2.24) is 4.90 Å². The summed E-state index contributed by atoms with van der Waals surface area (Å²) < 4.78 is 0. The Kier molecular flexibility index (Phi) is 3.65. The third kappa shape index (κ3) is 2.66. The highest BCUT2D eigenvalue weighted by Crippen LogP contribution is 2.12. The lowest BCUT2D eigenvalue weighted by atomic mass is 9.94. The SMILES string of the molecule is Bc1cccc(C(=O)N2CCCCCC2)c1. The molecule has 0 radical (unpaired) electrons. The molecule has 0 spiro atoms. The van der Waals surface area contributed by atoms with Crippen LogP contribution < -0.4 is 5.46 Å². The quantitative estimate of drug-likeness (QED) is 0.639. The van der Waals surface area contributed by atoms with E-state index < -0.39 is 0 Å². The van der Waals surface area contributed by atoms with Gasteiger partial charge in [-0.3, -0.25) is 4.79 Å². The van der Waals surface area contributed by atoms with Crippen LogP contribution in [0.3, 0.4) is 0 Å². The molecule has 3 heteroatoms. The van der Waals surface area contributed by atoms with E-state index in [1.807, 2.05) is 37.0 Å². The zero-order valence-corrected chi connectivity index (χ0v) is 9.91. The van der Waals surface area contributed by atoms with Gasteiger partial charge in [-0.1, -0.05) is 36.5 Å². The predicted octanol–water partition coefficient (Wildman–Crippen LogP) is 0.961. The molecule has 1 aromatic rings. The summed E-state index contributed by atoms with van der Waals surface area (Å²) in [6, 6.07) is 7.88. The molecule has 0 atom stereocenters. The molecule has 0 aromatic heterocycles. The lowest BCUT2D eigenvalue weighted by molar-refractivity contribution is 0.0762. The average molecular weight is 215 g/mol. The van der Waals surface area contributed by atoms with E-state index in [1.165, 1.54) is 12.8 Å². The van der Waals surface area contributed by atoms with Crippen molar-refractivity contribution >= 4 is 19.2 Å². The fourth-order valence-corrected chi connectivity index (χ4v) is 2.23. The Morgan fingerprint density at radius 2 is 1.81 bits per heavy atom. The first-order valence-electron chi connectivity index (χ1n) is 6.13. The fraction of sp³-hybridized carbons (Fsp3) is 0.462. The van der Waals surface area contributed by atoms with Crippen LogP contribution in [0.15, 0.2) is 24.3 Å². The Morgan fingerprint density at radius 1 is 1.12 bits per heavy atom. The molecule has 2 rings (SSSR count). The molecule has 0 saturated carbocycles. The molecule has 0 N–H and O–H groups in total. The van der Waals surface area contributed by atoms with Crippen molar-refractivity contribution < 1.29 is 4.79 Å². The molecule has 84 valence electrons. The molecular formula is C13H18BNO. The second-order valence-corrected chi connectivity index (χ2v) is 4.58. The molecule has 0 bridgehead atoms. The lowest BCUT2D eigenvalue weighted by Gasteiger charge is -2.20. The van der Waals surface area contributed by atoms with Gasteiger partial charge >= 0.3 is 0 Å². The Morgan fingerprint density at radius 3 is 2.44 bits per heavy atom. The van der Waals surface area contributed by atoms with E-state index in [9.17, 15) is 4.79 Å². The average Bonchev–Trinajstić information content (AvgIpc) is 2.56. The first-order chi connectivity index (χ1) is 7.77. The van der Waals surface area contributed by atoms with Gasteiger partial charge in [0.25, 0.3) is 5.91 Å². The maximum Gasteiger partial charge on any atom is 0.253 e. The molecule has 2 nitrogen and oxygen atoms in total. The van der Waals surface area contributed by atoms with Crippen molar-refractivity contribution in [3.05, 3.63) is 29.8 Å². The van der Waals surface area contributed by atoms with Gasteiger partial charge < -0.3 is 4.90 Å². The summed E-state index contributed by atoms with van der Waals surface area (Å²) in [5.74, 6) is 0.200. The molecular weight excluding hydrogens is 197 g/mol. The van der Waals surface area contributed by atoms with E-state index in [2.05, 4.69) is 0 Å². The van der Waals surface area contributed by atoms with E-state index in [0.717, 1.165) is 37.0 Å². The number of carbonyl (C=O) groups is 1. The van der Waals surface area contributed by atoms with E-state index in [-0.39, 0.29) is 5.91 Å². The Bertz CT molecular complexity index is 370. The minimum absolute atomic E-state index is 0.200. The van der Waals surface area contributed by atoms with E-state index in [4.69, 9.17) is 0 Å². The maximum absolute atomic E-state index is 12.2. The van der Waals surface area contributed by atoms with Crippen molar-refractivity contribution in [2.24, 2.45) is 0 Å². The summed E-state index contributed by atoms with van der Waals surface area (Å²) >= 11 is 0. The molecule has 16 heavy (non-hydrogen) atoms. The van der Waals surface area contributed by atoms with Crippen LogP contribution in [0, 0.1) is 0 Å². The van der Waals surface area contributed by atoms with Gasteiger partial charge in [-0.15, -0.1) is 0 Å². The van der Waals surface area contributed by atoms with Gasteiger partial charge in [0.1, 0.15) is 7.85 Å². The van der Waals surface area contributed by atoms with Gasteiger partial charge in [0.05, 0.1) is 0 Å². The first kappa shape index (κ1) is 11.2. The molecule has 1 amide bonds. The number of benzene rings is 1. The van der Waals surface area contributed by atoms with Crippen molar-refractivity contribution in [3.63, 3.8) is 0 Å². The highest BCUT2D eigenvalue weighted by atomic mass is 16.2. The van der Waals surface area contributed by atoms with Gasteiger partial charge in [0.15, 0.2) is 0 Å². The number of amides is 1. The van der Waals surface area contributed by atoms with Crippen LogP contribution in [0.5, 0.6) is 0 Å². The Hall–Kier alpha value is -1.25. The Labute approximate surface area is 98.1 Å². The van der Waals surface area contributed by atoms with Gasteiger partial charge in [0.2, 0.25) is 0 Å². The standard InChI is InChI=1S/C13H18BNO/c14-12-7-5-6-11(10-12)13(16)15-8-3-1-2-4-9-15/h5-7,10H,1-4,8-9,14H2. The van der Waals surface area contributed by atoms with Gasteiger partial charge in [-0.25, -0.2) is 0 Å². The molecule has 1 aromatic carbocycles. The number of rotatable bonds is 1. The summed E-state index contributed by atoms with van der Waals surface area (Å²) in [5, 5.41) is 0. The zero-order chi connectivity index (χ0) is 11.4. The summed E-state index contributed by atoms with van der Waals surface area (Å²) in [6.45, 7) is 1.85. The third-order valence-corrected chi connectivity index (χ3v) is 3.16. The summed E-state index contributed by atoms with van der Waals surface area (Å²) in [5.41, 5.74) is 1.99. The van der Waals surface area contributed by atoms with Crippen LogP contribution in [0.1, 0.15) is 36.0 Å². The largest absolute Gasteiger partial charge is 0.339 e. The number of hydrogen-bond acceptors (Lipinski definition) is 1. The number of hydrogen-bond donors (Lipinski definition) is 0. The zero-order valence-electron chi connectivity index (χ0n) is 9.91. The van der Waals surface area contributed by atoms with Crippen molar-refractivity contribution in [2.75, 3.05) is 13.1 Å². The van der Waals surface area contributed by atoms with Crippen molar-refractivity contribution in [1.29, 1.82) is 0 Å². The predicted molar refractivity (Wildman–Crippen MR) is 69.0 cm³/mol. The Balaban J connectivity index is 2.11. The van der Waals surface area contributed by atoms with Crippen LogP contribution >= 0.6 is 0 Å². The minimum Gasteiger partial charge on any atom is -0.339 e. The van der Waals surface area contributed by atoms with Crippen molar-refractivity contribution in [2.45, 2.75) is 25.7 Å². The van der Waals surface area contributed by atoms with Gasteiger partial charge in [-0.2, -0.15) is 0 Å². The van der Waals surface area contributed by atoms with Crippen LogP contribution in [0.2, 0.25) is 0 Å². The molecule has 1 fully saturated rings. The van der Waals surface area contributed by atoms with Crippen LogP contribution in [0.25, 0.3) is 0 Å². The molecule has 1 saturated heterocycles. The maximum atomic E-state index is 12.2. The lowest BCUT2D eigenvalue weighted by Crippen LogP contribution is -2.32. The topological polar surface area (TPSA) is 20.3 Å². The first-order valence-corrected chi connectivity index (χ1v) is 6.13. The molecule has 1 aliphatic heterocycles. The number of nitrogens with zero attached hydrogens (tertiary/aromatic N) is 1. The minimum atomic E-state index is 0.200. The fourth-order valence-electron chi connectivity index (χ4n) is 2.23. The summed E-state index contributed by atoms with van der Waals surface area (Å²) in [6.07, 6.45) is 4.82. The normalized spacial score (nSPS) is 16.9. The highest BCUT2D eigenvalue weighted by Gasteiger charge is 2.16. The highest BCUT2D eigenvalue weighted by molar-refractivity contribution is 6.32. The van der Waals surface area contributed by atoms with Crippen LogP contribution in [-0.2, 0) is 0 Å². The number of carbonyl (C=O) groups excluding carboxylic acids is 1. The third-order valence-electron chi connectivity index (χ3n) is 3.16. The molecule has 0 aliphatic carbocycles. The monoisotopic (exact) mass is 215 g/mol. The second-order valence-electron chi connectivity index (χ2n) is 4.58. The molecule has 1 aliphatic rings. The van der Waals surface area contributed by atoms with Crippen LogP contribution in [0.4, 0.5) is 0 Å². The number of likely N-dealkylation sites (tertiary alicyclic amines) is 1. The smallest absolute Gasteiger partial charge is 0.253 e. The van der Waals surface area contributed by atoms with E-state index >= 15 is 0 Å². The van der Waals surface area contributed by atoms with Gasteiger partial charge in [0, 0.05) is 18.7 Å². The van der Waals surface area contributed by atoms with E-state index in [0.29, 0.717) is 0 Å². The van der Waals surface area contributed by atoms with Gasteiger partial charge in [-0.05, 0) is 18.9 Å². The summed E-state index contributed by atoms with van der Waals surface area (Å²) in [7, 11) is 2.03. The van der Waals surface area contributed by atoms with E-state index in [1.54, 1.807) is 0 Å². The second kappa shape index (κ2) is 5.19. The molecule has 0 unspecified atom stereocenters. The molecule has 1 heterocycles. The summed E-state index contributed by atoms with van der Waals surface area (Å²) in [4.78, 5) is 14.2.